The third kappa shape index (κ3) is 4.33. The first-order chi connectivity index (χ1) is 13.5. The summed E-state index contributed by atoms with van der Waals surface area (Å²) in [4.78, 5) is 12.6. The average Bonchev–Trinajstić information content (AvgIpc) is 3.15. The van der Waals surface area contributed by atoms with E-state index in [0.29, 0.717) is 16.8 Å². The minimum absolute atomic E-state index is 0.0382. The molecule has 1 aromatic heterocycles. The van der Waals surface area contributed by atoms with Crippen molar-refractivity contribution in [3.8, 4) is 17.3 Å². The van der Waals surface area contributed by atoms with Gasteiger partial charge in [-0.25, -0.2) is 4.39 Å². The molecule has 0 fully saturated rings. The lowest BCUT2D eigenvalue weighted by Gasteiger charge is -2.14. The molecule has 1 heterocycles. The van der Waals surface area contributed by atoms with E-state index in [-0.39, 0.29) is 17.4 Å². The Kier molecular flexibility index (Phi) is 5.66. The van der Waals surface area contributed by atoms with Gasteiger partial charge in [-0.1, -0.05) is 29.8 Å². The van der Waals surface area contributed by atoms with Crippen LogP contribution in [-0.4, -0.2) is 16.1 Å². The summed E-state index contributed by atoms with van der Waals surface area (Å²) >= 11 is 0. The molecule has 0 aliphatic heterocycles. The normalized spacial score (nSPS) is 12.3. The fourth-order valence-corrected chi connectivity index (χ4v) is 2.77. The van der Waals surface area contributed by atoms with E-state index in [0.717, 1.165) is 11.1 Å². The highest BCUT2D eigenvalue weighted by Gasteiger charge is 2.15. The number of aryl methyl sites for hydroxylation is 1. The number of carbonyl (C=O) groups excluding carboxylic acids is 1. The maximum Gasteiger partial charge on any atom is 0.262 e. The summed E-state index contributed by atoms with van der Waals surface area (Å²) in [5.74, 6) is -0.815. The molecule has 1 amide bonds. The molecule has 140 valence electrons. The number of hydrogen-bond acceptors (Lipinski definition) is 3. The summed E-state index contributed by atoms with van der Waals surface area (Å²) < 4.78 is 13.1. The molecule has 0 saturated carbocycles. The Bertz CT molecular complexity index is 1040. The molecule has 0 unspecified atom stereocenters. The molecular weight excluding hydrogens is 355 g/mol. The summed E-state index contributed by atoms with van der Waals surface area (Å²) in [5.41, 5.74) is 3.92. The van der Waals surface area contributed by atoms with Crippen molar-refractivity contribution in [3.05, 3.63) is 82.8 Å². The third-order valence-corrected chi connectivity index (χ3v) is 4.39. The Labute approximate surface area is 162 Å². The zero-order chi connectivity index (χ0) is 20.1. The number of aromatic nitrogens is 2. The SMILES string of the molecule is Cc1ccc([C@H](C)NC(=O)/C(C#N)=C/c2cn[nH]c2-c2ccc(F)cc2)cc1. The van der Waals surface area contributed by atoms with Crippen molar-refractivity contribution in [1.29, 1.82) is 5.26 Å². The van der Waals surface area contributed by atoms with Gasteiger partial charge in [-0.05, 0) is 49.8 Å². The number of nitrogens with one attached hydrogen (secondary N) is 2. The van der Waals surface area contributed by atoms with E-state index in [1.807, 2.05) is 44.2 Å². The summed E-state index contributed by atoms with van der Waals surface area (Å²) in [6.45, 7) is 3.85. The van der Waals surface area contributed by atoms with Gasteiger partial charge in [-0.2, -0.15) is 10.4 Å². The van der Waals surface area contributed by atoms with Crippen molar-refractivity contribution in [2.75, 3.05) is 0 Å². The molecule has 3 aromatic rings. The fourth-order valence-electron chi connectivity index (χ4n) is 2.77. The number of amides is 1. The molecular formula is C22H19FN4O. The van der Waals surface area contributed by atoms with E-state index in [2.05, 4.69) is 15.5 Å². The van der Waals surface area contributed by atoms with Gasteiger partial charge in [0, 0.05) is 11.1 Å². The van der Waals surface area contributed by atoms with Gasteiger partial charge in [-0.15, -0.1) is 0 Å². The second kappa shape index (κ2) is 8.31. The van der Waals surface area contributed by atoms with Gasteiger partial charge in [0.05, 0.1) is 17.9 Å². The van der Waals surface area contributed by atoms with Crippen LogP contribution in [-0.2, 0) is 4.79 Å². The maximum atomic E-state index is 13.1. The minimum atomic E-state index is -0.471. The Morgan fingerprint density at radius 3 is 2.54 bits per heavy atom. The Morgan fingerprint density at radius 1 is 1.21 bits per heavy atom. The van der Waals surface area contributed by atoms with Gasteiger partial charge in [0.1, 0.15) is 17.5 Å². The minimum Gasteiger partial charge on any atom is -0.345 e. The van der Waals surface area contributed by atoms with Crippen molar-refractivity contribution in [2.45, 2.75) is 19.9 Å². The van der Waals surface area contributed by atoms with E-state index in [1.165, 1.54) is 24.4 Å². The number of carbonyl (C=O) groups is 1. The second-order valence-electron chi connectivity index (χ2n) is 6.48. The number of rotatable bonds is 5. The lowest BCUT2D eigenvalue weighted by atomic mass is 10.0. The predicted molar refractivity (Wildman–Crippen MR) is 105 cm³/mol. The standard InChI is InChI=1S/C22H19FN4O/c1-14-3-5-16(6-4-14)15(2)26-22(28)18(12-24)11-19-13-25-27-21(19)17-7-9-20(23)10-8-17/h3-11,13,15H,1-2H3,(H,25,27)(H,26,28)/b18-11+/t15-/m0/s1. The van der Waals surface area contributed by atoms with Gasteiger partial charge >= 0.3 is 0 Å². The van der Waals surface area contributed by atoms with Crippen molar-refractivity contribution >= 4 is 12.0 Å². The molecule has 0 bridgehead atoms. The number of nitriles is 1. The molecule has 2 N–H and O–H groups in total. The number of benzene rings is 2. The Balaban J connectivity index is 1.81. The predicted octanol–water partition coefficient (Wildman–Crippen LogP) is 4.31. The van der Waals surface area contributed by atoms with E-state index >= 15 is 0 Å². The number of H-pyrrole nitrogens is 1. The molecule has 0 spiro atoms. The topological polar surface area (TPSA) is 81.6 Å². The van der Waals surface area contributed by atoms with Crippen molar-refractivity contribution < 1.29 is 9.18 Å². The largest absolute Gasteiger partial charge is 0.345 e. The van der Waals surface area contributed by atoms with Crippen LogP contribution in [0.4, 0.5) is 4.39 Å². The molecule has 0 aliphatic rings. The van der Waals surface area contributed by atoms with E-state index < -0.39 is 5.91 Å². The van der Waals surface area contributed by atoms with Crippen LogP contribution < -0.4 is 5.32 Å². The smallest absolute Gasteiger partial charge is 0.262 e. The van der Waals surface area contributed by atoms with Crippen LogP contribution >= 0.6 is 0 Å². The Morgan fingerprint density at radius 2 is 1.89 bits per heavy atom. The van der Waals surface area contributed by atoms with Crippen LogP contribution in [0.5, 0.6) is 0 Å². The van der Waals surface area contributed by atoms with Crippen LogP contribution in [0.2, 0.25) is 0 Å². The first kappa shape index (κ1) is 19.1. The number of hydrogen-bond donors (Lipinski definition) is 2. The van der Waals surface area contributed by atoms with Crippen LogP contribution in [0.15, 0.2) is 60.3 Å². The zero-order valence-electron chi connectivity index (χ0n) is 15.5. The monoisotopic (exact) mass is 374 g/mol. The summed E-state index contributed by atoms with van der Waals surface area (Å²) in [6.07, 6.45) is 2.99. The first-order valence-corrected chi connectivity index (χ1v) is 8.76. The third-order valence-electron chi connectivity index (χ3n) is 4.39. The molecule has 6 heteroatoms. The average molecular weight is 374 g/mol. The van der Waals surface area contributed by atoms with Crippen molar-refractivity contribution in [3.63, 3.8) is 0 Å². The summed E-state index contributed by atoms with van der Waals surface area (Å²) in [6, 6.07) is 15.4. The number of halogens is 1. The van der Waals surface area contributed by atoms with Crippen LogP contribution in [0.1, 0.15) is 29.7 Å². The van der Waals surface area contributed by atoms with Crippen molar-refractivity contribution in [1.82, 2.24) is 15.5 Å². The van der Waals surface area contributed by atoms with E-state index in [4.69, 9.17) is 0 Å². The van der Waals surface area contributed by atoms with Crippen LogP contribution in [0.25, 0.3) is 17.3 Å². The molecule has 28 heavy (non-hydrogen) atoms. The van der Waals surface area contributed by atoms with E-state index in [1.54, 1.807) is 12.1 Å². The second-order valence-corrected chi connectivity index (χ2v) is 6.48. The van der Waals surface area contributed by atoms with Gasteiger partial charge in [0.2, 0.25) is 0 Å². The van der Waals surface area contributed by atoms with Crippen LogP contribution in [0.3, 0.4) is 0 Å². The van der Waals surface area contributed by atoms with Crippen molar-refractivity contribution in [2.24, 2.45) is 0 Å². The summed E-state index contributed by atoms with van der Waals surface area (Å²) in [7, 11) is 0. The zero-order valence-corrected chi connectivity index (χ0v) is 15.5. The number of nitrogens with zero attached hydrogens (tertiary/aromatic N) is 2. The molecule has 0 saturated heterocycles. The van der Waals surface area contributed by atoms with Gasteiger partial charge in [0.25, 0.3) is 5.91 Å². The molecule has 5 nitrogen and oxygen atoms in total. The molecule has 3 rings (SSSR count). The first-order valence-electron chi connectivity index (χ1n) is 8.76. The van der Waals surface area contributed by atoms with E-state index in [9.17, 15) is 14.4 Å². The van der Waals surface area contributed by atoms with Crippen LogP contribution in [0, 0.1) is 24.1 Å². The lowest BCUT2D eigenvalue weighted by molar-refractivity contribution is -0.117. The molecule has 1 atom stereocenters. The highest BCUT2D eigenvalue weighted by atomic mass is 19.1. The molecule has 0 aliphatic carbocycles. The quantitative estimate of drug-likeness (QED) is 0.516. The molecule has 2 aromatic carbocycles. The van der Waals surface area contributed by atoms with Gasteiger partial charge in [0.15, 0.2) is 0 Å². The van der Waals surface area contributed by atoms with Gasteiger partial charge in [-0.3, -0.25) is 9.89 Å². The number of aromatic amines is 1. The Hall–Kier alpha value is -3.72. The highest BCUT2D eigenvalue weighted by Crippen LogP contribution is 2.23. The highest BCUT2D eigenvalue weighted by molar-refractivity contribution is 6.02. The lowest BCUT2D eigenvalue weighted by Crippen LogP contribution is -2.27. The summed E-state index contributed by atoms with van der Waals surface area (Å²) in [5, 5.41) is 19.1. The van der Waals surface area contributed by atoms with Gasteiger partial charge < -0.3 is 5.32 Å². The fraction of sp³-hybridized carbons (Fsp3) is 0.136. The maximum absolute atomic E-state index is 13.1. The molecule has 0 radical (unpaired) electrons.